The van der Waals surface area contributed by atoms with E-state index in [0.717, 1.165) is 5.56 Å². The number of carbonyl (C=O) groups is 1. The van der Waals surface area contributed by atoms with Crippen LogP contribution in [-0.4, -0.2) is 79.4 Å². The lowest BCUT2D eigenvalue weighted by atomic mass is 9.97. The molecule has 0 N–H and O–H groups in total. The minimum absolute atomic E-state index is 0.0840. The van der Waals surface area contributed by atoms with Crippen molar-refractivity contribution in [1.29, 1.82) is 0 Å². The van der Waals surface area contributed by atoms with Gasteiger partial charge in [-0.2, -0.15) is 5.10 Å². The highest BCUT2D eigenvalue weighted by molar-refractivity contribution is 6.77. The summed E-state index contributed by atoms with van der Waals surface area (Å²) in [7, 11) is -0.487. The minimum atomic E-state index is -2.03. The number of ether oxygens (including phenoxy) is 2. The SMILES string of the molecule is COc1cc(C(=O)N2CC(C)OCC2CCO[Si](C(C)C)(C(C)C)C(C)C)cn2nc(CC(CF)c3cccc(Cl)c3)nc12. The van der Waals surface area contributed by atoms with Gasteiger partial charge in [0.25, 0.3) is 5.91 Å². The second-order valence-electron chi connectivity index (χ2n) is 12.9. The van der Waals surface area contributed by atoms with Crippen LogP contribution >= 0.6 is 11.6 Å². The zero-order valence-electron chi connectivity index (χ0n) is 27.3. The third-order valence-corrected chi connectivity index (χ3v) is 15.4. The summed E-state index contributed by atoms with van der Waals surface area (Å²) in [6.45, 7) is 16.6. The average molecular weight is 647 g/mol. The molecule has 44 heavy (non-hydrogen) atoms. The first-order chi connectivity index (χ1) is 20.9. The van der Waals surface area contributed by atoms with E-state index in [-0.39, 0.29) is 24.5 Å². The van der Waals surface area contributed by atoms with Crippen molar-refractivity contribution >= 4 is 31.5 Å². The van der Waals surface area contributed by atoms with E-state index in [0.29, 0.717) is 70.6 Å². The van der Waals surface area contributed by atoms with Crippen LogP contribution in [0.4, 0.5) is 4.39 Å². The molecule has 2 aromatic heterocycles. The van der Waals surface area contributed by atoms with Crippen molar-refractivity contribution in [3.8, 4) is 5.75 Å². The number of alkyl halides is 1. The van der Waals surface area contributed by atoms with Crippen LogP contribution in [0.15, 0.2) is 36.5 Å². The third-order valence-electron chi connectivity index (χ3n) is 9.08. The van der Waals surface area contributed by atoms with Gasteiger partial charge in [-0.05, 0) is 53.7 Å². The predicted octanol–water partition coefficient (Wildman–Crippen LogP) is 7.50. The molecule has 0 spiro atoms. The average Bonchev–Trinajstić information content (AvgIpc) is 3.39. The lowest BCUT2D eigenvalue weighted by Gasteiger charge is -2.43. The molecule has 3 unspecified atom stereocenters. The van der Waals surface area contributed by atoms with Gasteiger partial charge in [-0.1, -0.05) is 65.3 Å². The smallest absolute Gasteiger partial charge is 0.255 e. The van der Waals surface area contributed by atoms with Crippen molar-refractivity contribution in [1.82, 2.24) is 19.5 Å². The molecule has 242 valence electrons. The lowest BCUT2D eigenvalue weighted by molar-refractivity contribution is -0.0483. The molecule has 1 aromatic carbocycles. The normalized spacial score (nSPS) is 18.5. The fourth-order valence-electron chi connectivity index (χ4n) is 6.97. The predicted molar refractivity (Wildman–Crippen MR) is 175 cm³/mol. The molecule has 1 aliphatic rings. The second kappa shape index (κ2) is 14.7. The summed E-state index contributed by atoms with van der Waals surface area (Å²) in [6.07, 6.45) is 2.57. The monoisotopic (exact) mass is 646 g/mol. The van der Waals surface area contributed by atoms with Gasteiger partial charge in [-0.3, -0.25) is 9.18 Å². The van der Waals surface area contributed by atoms with Crippen LogP contribution in [0.5, 0.6) is 5.75 Å². The van der Waals surface area contributed by atoms with Gasteiger partial charge in [0.05, 0.1) is 38.1 Å². The van der Waals surface area contributed by atoms with E-state index in [1.165, 1.54) is 0 Å². The quantitative estimate of drug-likeness (QED) is 0.179. The zero-order chi connectivity index (χ0) is 32.2. The standard InChI is InChI=1S/C33H48ClFN4O4Si/c1-21(2)44(22(3)4,23(5)6)43-13-12-29-20-42-24(7)18-38(29)33(40)27-15-30(41-8)32-36-31(37-39(32)19-27)16-26(17-35)25-10-9-11-28(34)14-25/h9-11,14-15,19,21-24,26,29H,12-13,16-18,20H2,1-8H3. The summed E-state index contributed by atoms with van der Waals surface area (Å²) < 4.78 is 34.1. The molecule has 0 saturated carbocycles. The Hall–Kier alpha value is -2.53. The van der Waals surface area contributed by atoms with E-state index in [2.05, 4.69) is 51.6 Å². The molecule has 3 heterocycles. The maximum Gasteiger partial charge on any atom is 0.255 e. The number of hydrogen-bond acceptors (Lipinski definition) is 6. The number of benzene rings is 1. The number of methoxy groups -OCH3 is 1. The van der Waals surface area contributed by atoms with Crippen molar-refractivity contribution in [2.75, 3.05) is 33.5 Å². The summed E-state index contributed by atoms with van der Waals surface area (Å²) in [5.41, 5.74) is 3.16. The van der Waals surface area contributed by atoms with Crippen LogP contribution in [0.1, 0.15) is 82.6 Å². The molecule has 0 aliphatic carbocycles. The number of morpholine rings is 1. The molecule has 0 radical (unpaired) electrons. The fraction of sp³-hybridized carbons (Fsp3) is 0.606. The van der Waals surface area contributed by atoms with Crippen molar-refractivity contribution in [2.45, 2.75) is 96.0 Å². The van der Waals surface area contributed by atoms with E-state index in [1.54, 1.807) is 36.0 Å². The first kappa shape index (κ1) is 34.3. The van der Waals surface area contributed by atoms with E-state index >= 15 is 0 Å². The van der Waals surface area contributed by atoms with Crippen molar-refractivity contribution in [3.05, 3.63) is 58.5 Å². The Morgan fingerprint density at radius 2 is 1.86 bits per heavy atom. The summed E-state index contributed by atoms with van der Waals surface area (Å²) in [4.78, 5) is 20.6. The summed E-state index contributed by atoms with van der Waals surface area (Å²) in [6, 6.07) is 8.78. The number of amides is 1. The highest BCUT2D eigenvalue weighted by Gasteiger charge is 2.45. The molecule has 11 heteroatoms. The fourth-order valence-corrected chi connectivity index (χ4v) is 12.6. The molecule has 1 fully saturated rings. The van der Waals surface area contributed by atoms with Crippen molar-refractivity contribution in [3.63, 3.8) is 0 Å². The lowest BCUT2D eigenvalue weighted by Crippen LogP contribution is -2.53. The Morgan fingerprint density at radius 1 is 1.16 bits per heavy atom. The molecule has 3 aromatic rings. The van der Waals surface area contributed by atoms with E-state index in [9.17, 15) is 9.18 Å². The number of hydrogen-bond donors (Lipinski definition) is 0. The molecular formula is C33H48ClFN4O4Si. The van der Waals surface area contributed by atoms with Gasteiger partial charge >= 0.3 is 0 Å². The number of nitrogens with zero attached hydrogens (tertiary/aromatic N) is 4. The zero-order valence-corrected chi connectivity index (χ0v) is 29.1. The van der Waals surface area contributed by atoms with E-state index < -0.39 is 20.9 Å². The number of rotatable bonds is 13. The second-order valence-corrected chi connectivity index (χ2v) is 18.8. The van der Waals surface area contributed by atoms with Gasteiger partial charge in [-0.25, -0.2) is 9.50 Å². The van der Waals surface area contributed by atoms with Crippen LogP contribution in [0, 0.1) is 0 Å². The van der Waals surface area contributed by atoms with E-state index in [4.69, 9.17) is 25.5 Å². The topological polar surface area (TPSA) is 78.2 Å². The van der Waals surface area contributed by atoms with Crippen LogP contribution in [0.25, 0.3) is 5.65 Å². The first-order valence-corrected chi connectivity index (χ1v) is 18.2. The summed E-state index contributed by atoms with van der Waals surface area (Å²) in [5, 5.41) is 5.17. The Balaban J connectivity index is 1.56. The van der Waals surface area contributed by atoms with Gasteiger partial charge in [0.2, 0.25) is 0 Å². The molecule has 1 amide bonds. The van der Waals surface area contributed by atoms with Crippen LogP contribution < -0.4 is 4.74 Å². The summed E-state index contributed by atoms with van der Waals surface area (Å²) >= 11 is 6.14. The number of pyridine rings is 1. The maximum atomic E-state index is 14.1. The maximum absolute atomic E-state index is 14.1. The van der Waals surface area contributed by atoms with Crippen molar-refractivity contribution in [2.24, 2.45) is 0 Å². The third kappa shape index (κ3) is 7.30. The van der Waals surface area contributed by atoms with Gasteiger partial charge < -0.3 is 18.8 Å². The van der Waals surface area contributed by atoms with Crippen LogP contribution in [-0.2, 0) is 15.6 Å². The van der Waals surface area contributed by atoms with E-state index in [1.807, 2.05) is 24.0 Å². The Bertz CT molecular complexity index is 1400. The molecule has 1 aliphatic heterocycles. The Labute approximate surface area is 267 Å². The minimum Gasteiger partial charge on any atom is -0.493 e. The molecule has 0 bridgehead atoms. The van der Waals surface area contributed by atoms with Gasteiger partial charge in [0.1, 0.15) is 0 Å². The molecule has 3 atom stereocenters. The van der Waals surface area contributed by atoms with Crippen molar-refractivity contribution < 1.29 is 23.1 Å². The highest BCUT2D eigenvalue weighted by atomic mass is 35.5. The Kier molecular flexibility index (Phi) is 11.5. The first-order valence-electron chi connectivity index (χ1n) is 15.7. The number of halogens is 2. The summed E-state index contributed by atoms with van der Waals surface area (Å²) in [5.74, 6) is 0.318. The van der Waals surface area contributed by atoms with Gasteiger partial charge in [0, 0.05) is 36.7 Å². The molecular weight excluding hydrogens is 599 g/mol. The number of fused-ring (bicyclic) bond motifs is 1. The molecule has 4 rings (SSSR count). The largest absolute Gasteiger partial charge is 0.493 e. The van der Waals surface area contributed by atoms with Gasteiger partial charge in [-0.15, -0.1) is 0 Å². The van der Waals surface area contributed by atoms with Crippen LogP contribution in [0.3, 0.4) is 0 Å². The number of carbonyl (C=O) groups excluding carboxylic acids is 1. The number of aromatic nitrogens is 3. The highest BCUT2D eigenvalue weighted by Crippen LogP contribution is 2.42. The molecule has 8 nitrogen and oxygen atoms in total. The molecule has 1 saturated heterocycles. The van der Waals surface area contributed by atoms with Crippen LogP contribution in [0.2, 0.25) is 21.6 Å². The van der Waals surface area contributed by atoms with Gasteiger partial charge in [0.15, 0.2) is 25.5 Å². The Morgan fingerprint density at radius 3 is 2.48 bits per heavy atom.